The zero-order chi connectivity index (χ0) is 19.2. The minimum absolute atomic E-state index is 0.165. The molecule has 2 amide bonds. The maximum Gasteiger partial charge on any atom is 0.403 e. The molecule has 0 aliphatic carbocycles. The van der Waals surface area contributed by atoms with Crippen LogP contribution in [-0.4, -0.2) is 52.6 Å². The van der Waals surface area contributed by atoms with Gasteiger partial charge >= 0.3 is 12.1 Å². The second-order valence-electron chi connectivity index (χ2n) is 6.33. The zero-order valence-corrected chi connectivity index (χ0v) is 14.2. The molecule has 0 bridgehead atoms. The first-order chi connectivity index (χ1) is 11.5. The lowest BCUT2D eigenvalue weighted by Gasteiger charge is -2.27. The number of imide groups is 1. The second-order valence-corrected chi connectivity index (χ2v) is 6.33. The highest BCUT2D eigenvalue weighted by atomic mass is 19.4. The fourth-order valence-corrected chi connectivity index (χ4v) is 2.55. The predicted octanol–water partition coefficient (Wildman–Crippen LogP) is 2.10. The molecular formula is C16H23F3N2O4. The molecule has 1 aliphatic heterocycles. The van der Waals surface area contributed by atoms with Crippen molar-refractivity contribution in [1.29, 1.82) is 0 Å². The van der Waals surface area contributed by atoms with Gasteiger partial charge in [-0.25, -0.2) is 0 Å². The summed E-state index contributed by atoms with van der Waals surface area (Å²) in [5, 5.41) is 11.2. The van der Waals surface area contributed by atoms with Gasteiger partial charge in [0.25, 0.3) is 11.8 Å². The van der Waals surface area contributed by atoms with Gasteiger partial charge in [0.1, 0.15) is 12.1 Å². The lowest BCUT2D eigenvalue weighted by molar-refractivity contribution is -0.164. The average Bonchev–Trinajstić information content (AvgIpc) is 2.79. The second kappa shape index (κ2) is 8.98. The van der Waals surface area contributed by atoms with E-state index in [9.17, 15) is 27.6 Å². The molecule has 9 heteroatoms. The summed E-state index contributed by atoms with van der Waals surface area (Å²) in [4.78, 5) is 34.8. The van der Waals surface area contributed by atoms with Crippen molar-refractivity contribution in [3.8, 4) is 0 Å². The number of amides is 2. The highest BCUT2D eigenvalue weighted by molar-refractivity contribution is 6.12. The fraction of sp³-hybridized carbons (Fsp3) is 0.688. The molecule has 0 aromatic rings. The lowest BCUT2D eigenvalue weighted by atomic mass is 10.0. The quantitative estimate of drug-likeness (QED) is 0.458. The van der Waals surface area contributed by atoms with Crippen LogP contribution in [0.4, 0.5) is 13.2 Å². The van der Waals surface area contributed by atoms with Gasteiger partial charge in [0.05, 0.1) is 0 Å². The Bertz CT molecular complexity index is 514. The molecule has 0 aromatic heterocycles. The van der Waals surface area contributed by atoms with Gasteiger partial charge in [0, 0.05) is 18.7 Å². The van der Waals surface area contributed by atoms with E-state index in [2.05, 4.69) is 5.32 Å². The van der Waals surface area contributed by atoms with Crippen LogP contribution in [0.2, 0.25) is 0 Å². The first-order valence-corrected chi connectivity index (χ1v) is 8.13. The average molecular weight is 364 g/mol. The van der Waals surface area contributed by atoms with E-state index in [1.54, 1.807) is 0 Å². The van der Waals surface area contributed by atoms with Crippen molar-refractivity contribution in [2.24, 2.45) is 5.92 Å². The Kier molecular flexibility index (Phi) is 7.60. The maximum atomic E-state index is 13.1. The van der Waals surface area contributed by atoms with Gasteiger partial charge in [-0.3, -0.25) is 24.6 Å². The van der Waals surface area contributed by atoms with E-state index in [0.29, 0.717) is 12.8 Å². The predicted molar refractivity (Wildman–Crippen MR) is 83.6 cm³/mol. The molecule has 25 heavy (non-hydrogen) atoms. The van der Waals surface area contributed by atoms with Crippen LogP contribution < -0.4 is 5.32 Å². The molecule has 0 radical (unpaired) electrons. The molecule has 0 saturated heterocycles. The van der Waals surface area contributed by atoms with E-state index in [0.717, 1.165) is 17.1 Å². The third-order valence-electron chi connectivity index (χ3n) is 3.98. The molecule has 6 nitrogen and oxygen atoms in total. The molecule has 1 aliphatic rings. The van der Waals surface area contributed by atoms with Crippen molar-refractivity contribution in [2.75, 3.05) is 6.54 Å². The van der Waals surface area contributed by atoms with E-state index >= 15 is 0 Å². The minimum Gasteiger partial charge on any atom is -0.480 e. The Morgan fingerprint density at radius 2 is 1.72 bits per heavy atom. The largest absolute Gasteiger partial charge is 0.480 e. The summed E-state index contributed by atoms with van der Waals surface area (Å²) in [6, 6.07) is -3.19. The van der Waals surface area contributed by atoms with E-state index in [1.165, 1.54) is 13.8 Å². The van der Waals surface area contributed by atoms with E-state index in [4.69, 9.17) is 5.11 Å². The van der Waals surface area contributed by atoms with Gasteiger partial charge in [-0.1, -0.05) is 26.7 Å². The maximum absolute atomic E-state index is 13.1. The summed E-state index contributed by atoms with van der Waals surface area (Å²) < 4.78 is 39.3. The van der Waals surface area contributed by atoms with Gasteiger partial charge in [-0.2, -0.15) is 13.2 Å². The van der Waals surface area contributed by atoms with Crippen molar-refractivity contribution >= 4 is 17.8 Å². The van der Waals surface area contributed by atoms with Crippen molar-refractivity contribution in [2.45, 2.75) is 57.8 Å². The summed E-state index contributed by atoms with van der Waals surface area (Å²) in [7, 11) is 0. The lowest BCUT2D eigenvalue weighted by Crippen LogP contribution is -2.52. The Morgan fingerprint density at radius 3 is 2.16 bits per heavy atom. The number of carboxylic acid groups (broad SMARTS) is 1. The number of hydrogen-bond donors (Lipinski definition) is 2. The zero-order valence-electron chi connectivity index (χ0n) is 14.2. The normalized spacial score (nSPS) is 17.4. The smallest absolute Gasteiger partial charge is 0.403 e. The van der Waals surface area contributed by atoms with Crippen LogP contribution in [0.5, 0.6) is 0 Å². The molecule has 0 fully saturated rings. The van der Waals surface area contributed by atoms with Gasteiger partial charge in [-0.05, 0) is 18.8 Å². The van der Waals surface area contributed by atoms with Crippen LogP contribution in [0, 0.1) is 5.92 Å². The minimum atomic E-state index is -4.55. The van der Waals surface area contributed by atoms with Crippen LogP contribution in [-0.2, 0) is 14.4 Å². The molecule has 1 unspecified atom stereocenters. The first kappa shape index (κ1) is 21.1. The number of rotatable bonds is 10. The number of carboxylic acids is 1. The third-order valence-corrected chi connectivity index (χ3v) is 3.98. The molecular weight excluding hydrogens is 341 g/mol. The van der Waals surface area contributed by atoms with Gasteiger partial charge in [0.15, 0.2) is 0 Å². The van der Waals surface area contributed by atoms with Crippen LogP contribution >= 0.6 is 0 Å². The molecule has 142 valence electrons. The third kappa shape index (κ3) is 6.49. The van der Waals surface area contributed by atoms with Crippen LogP contribution in [0.1, 0.15) is 39.5 Å². The fourth-order valence-electron chi connectivity index (χ4n) is 2.55. The Hall–Kier alpha value is -1.90. The van der Waals surface area contributed by atoms with Gasteiger partial charge in [0.2, 0.25) is 0 Å². The number of carbonyl (C=O) groups is 3. The number of carbonyl (C=O) groups excluding carboxylic acids is 2. The number of alkyl halides is 3. The number of nitrogens with zero attached hydrogens (tertiary/aromatic N) is 1. The highest BCUT2D eigenvalue weighted by Gasteiger charge is 2.41. The van der Waals surface area contributed by atoms with Crippen LogP contribution in [0.15, 0.2) is 12.2 Å². The van der Waals surface area contributed by atoms with Gasteiger partial charge < -0.3 is 5.11 Å². The van der Waals surface area contributed by atoms with Crippen LogP contribution in [0.3, 0.4) is 0 Å². The van der Waals surface area contributed by atoms with E-state index < -0.39 is 42.0 Å². The SMILES string of the molecule is CC(C)C(N[C@@H](CCCCCN1C(=O)C=CC1=O)C(F)(F)F)C(=O)O. The van der Waals surface area contributed by atoms with Crippen molar-refractivity contribution in [3.05, 3.63) is 12.2 Å². The van der Waals surface area contributed by atoms with E-state index in [-0.39, 0.29) is 19.4 Å². The summed E-state index contributed by atoms with van der Waals surface area (Å²) in [5.74, 6) is -2.63. The topological polar surface area (TPSA) is 86.7 Å². The van der Waals surface area contributed by atoms with Crippen molar-refractivity contribution in [1.82, 2.24) is 10.2 Å². The Balaban J connectivity index is 2.45. The van der Waals surface area contributed by atoms with E-state index in [1.807, 2.05) is 0 Å². The monoisotopic (exact) mass is 364 g/mol. The molecule has 0 aromatic carbocycles. The summed E-state index contributed by atoms with van der Waals surface area (Å²) in [6.07, 6.45) is -1.51. The number of nitrogens with one attached hydrogen (secondary N) is 1. The molecule has 2 N–H and O–H groups in total. The molecule has 1 rings (SSSR count). The summed E-state index contributed by atoms with van der Waals surface area (Å²) in [5.41, 5.74) is 0. The molecule has 1 heterocycles. The molecule has 2 atom stereocenters. The Labute approximate surface area is 144 Å². The summed E-state index contributed by atoms with van der Waals surface area (Å²) in [6.45, 7) is 3.24. The number of aliphatic carboxylic acids is 1. The van der Waals surface area contributed by atoms with Crippen molar-refractivity contribution in [3.63, 3.8) is 0 Å². The Morgan fingerprint density at radius 1 is 1.16 bits per heavy atom. The van der Waals surface area contributed by atoms with Crippen molar-refractivity contribution < 1.29 is 32.7 Å². The highest BCUT2D eigenvalue weighted by Crippen LogP contribution is 2.25. The van der Waals surface area contributed by atoms with Crippen LogP contribution in [0.25, 0.3) is 0 Å². The summed E-state index contributed by atoms with van der Waals surface area (Å²) >= 11 is 0. The van der Waals surface area contributed by atoms with Gasteiger partial charge in [-0.15, -0.1) is 0 Å². The number of halogens is 3. The standard InChI is InChI=1S/C16H23F3N2O4/c1-10(2)14(15(24)25)20-11(16(17,18)19)6-4-3-5-9-21-12(22)7-8-13(21)23/h7-8,10-11,14,20H,3-6,9H2,1-2H3,(H,24,25)/t11-,14?/m0/s1. The molecule has 0 saturated carbocycles. The first-order valence-electron chi connectivity index (χ1n) is 8.13. The molecule has 0 spiro atoms. The number of unbranched alkanes of at least 4 members (excludes halogenated alkanes) is 2. The number of hydrogen-bond acceptors (Lipinski definition) is 4.